The van der Waals surface area contributed by atoms with E-state index in [0.717, 1.165) is 11.1 Å². The highest BCUT2D eigenvalue weighted by Crippen LogP contribution is 2.20. The van der Waals surface area contributed by atoms with Gasteiger partial charge < -0.3 is 36.6 Å². The minimum Gasteiger partial charge on any atom is -0.444 e. The zero-order valence-electron chi connectivity index (χ0n) is 24.9. The fraction of sp³-hybridized carbons (Fsp3) is 0.484. The van der Waals surface area contributed by atoms with Crippen LogP contribution in [0.2, 0.25) is 0 Å². The van der Waals surface area contributed by atoms with Gasteiger partial charge in [0, 0.05) is 5.92 Å². The lowest BCUT2D eigenvalue weighted by atomic mass is 9.88. The quantitative estimate of drug-likeness (QED) is 0.195. The van der Waals surface area contributed by atoms with E-state index in [1.807, 2.05) is 60.7 Å². The molecule has 11 nitrogen and oxygen atoms in total. The molecule has 0 fully saturated rings. The van der Waals surface area contributed by atoms with Gasteiger partial charge in [-0.2, -0.15) is 0 Å². The third-order valence-corrected chi connectivity index (χ3v) is 6.53. The second kappa shape index (κ2) is 15.9. The number of amides is 4. The molecule has 0 heterocycles. The van der Waals surface area contributed by atoms with Crippen LogP contribution in [0.3, 0.4) is 0 Å². The number of aliphatic hydroxyl groups is 2. The largest absolute Gasteiger partial charge is 0.444 e. The monoisotopic (exact) mass is 584 g/mol. The molecule has 0 aliphatic rings. The molecule has 2 aromatic carbocycles. The van der Waals surface area contributed by atoms with Crippen molar-refractivity contribution in [1.82, 2.24) is 16.0 Å². The minimum atomic E-state index is -1.32. The number of rotatable bonds is 14. The second-order valence-electron chi connectivity index (χ2n) is 11.5. The molecule has 6 atom stereocenters. The molecular weight excluding hydrogens is 540 g/mol. The third-order valence-electron chi connectivity index (χ3n) is 6.53. The molecule has 0 aliphatic heterocycles. The third kappa shape index (κ3) is 11.9. The van der Waals surface area contributed by atoms with Gasteiger partial charge in [-0.15, -0.1) is 0 Å². The average molecular weight is 585 g/mol. The molecule has 230 valence electrons. The standard InChI is InChI=1S/C31H44N4O7/c1-19(28(39)35-26(20(2)36)27(32)38)33-29(40)23(16-21-12-8-6-9-13-21)18-25(37)24(17-22-14-10-7-11-15-22)34-30(41)42-31(3,4)5/h6-15,19-20,23-26,36-37H,16-18H2,1-5H3,(H2,32,38)(H,33,40)(H,34,41)(H,35,39)/t19-,20?,23-,24-,25+,26-/m0/s1. The Labute approximate surface area is 247 Å². The van der Waals surface area contributed by atoms with Crippen LogP contribution in [0.25, 0.3) is 0 Å². The normalized spacial score (nSPS) is 15.7. The molecule has 0 aliphatic carbocycles. The Hall–Kier alpha value is -3.96. The first-order chi connectivity index (χ1) is 19.7. The number of primary amides is 1. The van der Waals surface area contributed by atoms with E-state index in [-0.39, 0.29) is 19.3 Å². The Morgan fingerprint density at radius 1 is 0.810 bits per heavy atom. The van der Waals surface area contributed by atoms with Gasteiger partial charge in [0.1, 0.15) is 17.7 Å². The van der Waals surface area contributed by atoms with Crippen molar-refractivity contribution in [2.75, 3.05) is 0 Å². The van der Waals surface area contributed by atoms with Crippen LogP contribution in [0.5, 0.6) is 0 Å². The number of benzene rings is 2. The van der Waals surface area contributed by atoms with Gasteiger partial charge in [0.15, 0.2) is 0 Å². The first-order valence-electron chi connectivity index (χ1n) is 14.0. The van der Waals surface area contributed by atoms with Gasteiger partial charge in [0.25, 0.3) is 0 Å². The van der Waals surface area contributed by atoms with E-state index in [1.54, 1.807) is 20.8 Å². The maximum absolute atomic E-state index is 13.5. The second-order valence-corrected chi connectivity index (χ2v) is 11.5. The molecule has 42 heavy (non-hydrogen) atoms. The SMILES string of the molecule is CC(O)[C@H](NC(=O)[C@H](C)NC(=O)[C@@H](Cc1ccccc1)C[C@@H](O)[C@H](Cc1ccccc1)NC(=O)OC(C)(C)C)C(N)=O. The summed E-state index contributed by atoms with van der Waals surface area (Å²) < 4.78 is 5.41. The van der Waals surface area contributed by atoms with Crippen LogP contribution in [0.4, 0.5) is 4.79 Å². The minimum absolute atomic E-state index is 0.0417. The number of hydrogen-bond acceptors (Lipinski definition) is 7. The van der Waals surface area contributed by atoms with Crippen LogP contribution in [0, 0.1) is 5.92 Å². The summed E-state index contributed by atoms with van der Waals surface area (Å²) in [6, 6.07) is 15.3. The molecular formula is C31H44N4O7. The van der Waals surface area contributed by atoms with Crippen LogP contribution < -0.4 is 21.7 Å². The number of carbonyl (C=O) groups is 4. The molecule has 7 N–H and O–H groups in total. The van der Waals surface area contributed by atoms with Gasteiger partial charge in [-0.3, -0.25) is 14.4 Å². The fourth-order valence-corrected chi connectivity index (χ4v) is 4.35. The number of alkyl carbamates (subject to hydrolysis) is 1. The lowest BCUT2D eigenvalue weighted by Gasteiger charge is -2.29. The maximum Gasteiger partial charge on any atom is 0.407 e. The molecule has 0 saturated carbocycles. The van der Waals surface area contributed by atoms with E-state index in [0.29, 0.717) is 0 Å². The van der Waals surface area contributed by atoms with E-state index in [9.17, 15) is 29.4 Å². The molecule has 0 saturated heterocycles. The van der Waals surface area contributed by atoms with Gasteiger partial charge in [-0.25, -0.2) is 4.79 Å². The molecule has 1 unspecified atom stereocenters. The summed E-state index contributed by atoms with van der Waals surface area (Å²) >= 11 is 0. The van der Waals surface area contributed by atoms with Crippen molar-refractivity contribution in [3.8, 4) is 0 Å². The van der Waals surface area contributed by atoms with Crippen molar-refractivity contribution in [2.24, 2.45) is 11.7 Å². The van der Waals surface area contributed by atoms with Gasteiger partial charge in [-0.1, -0.05) is 60.7 Å². The molecule has 0 spiro atoms. The number of aliphatic hydroxyl groups excluding tert-OH is 2. The molecule has 11 heteroatoms. The molecule has 2 rings (SSSR count). The van der Waals surface area contributed by atoms with Crippen molar-refractivity contribution >= 4 is 23.8 Å². The first kappa shape index (κ1) is 34.2. The number of nitrogens with two attached hydrogens (primary N) is 1. The van der Waals surface area contributed by atoms with E-state index >= 15 is 0 Å². The van der Waals surface area contributed by atoms with E-state index in [4.69, 9.17) is 10.5 Å². The Balaban J connectivity index is 2.25. The van der Waals surface area contributed by atoms with Gasteiger partial charge in [-0.05, 0) is 65.0 Å². The van der Waals surface area contributed by atoms with Crippen LogP contribution in [0.15, 0.2) is 60.7 Å². The molecule has 0 bridgehead atoms. The van der Waals surface area contributed by atoms with Crippen molar-refractivity contribution in [2.45, 2.75) is 89.8 Å². The zero-order valence-corrected chi connectivity index (χ0v) is 24.9. The Morgan fingerprint density at radius 2 is 1.33 bits per heavy atom. The Bertz CT molecular complexity index is 1170. The number of hydrogen-bond donors (Lipinski definition) is 6. The van der Waals surface area contributed by atoms with E-state index < -0.39 is 65.7 Å². The van der Waals surface area contributed by atoms with Crippen LogP contribution in [-0.2, 0) is 32.0 Å². The van der Waals surface area contributed by atoms with Gasteiger partial charge in [0.05, 0.1) is 18.2 Å². The number of ether oxygens (including phenoxy) is 1. The van der Waals surface area contributed by atoms with Gasteiger partial charge in [0.2, 0.25) is 17.7 Å². The van der Waals surface area contributed by atoms with Crippen LogP contribution in [-0.4, -0.2) is 70.0 Å². The average Bonchev–Trinajstić information content (AvgIpc) is 2.90. The molecule has 2 aromatic rings. The summed E-state index contributed by atoms with van der Waals surface area (Å²) in [6.07, 6.45) is -2.59. The Morgan fingerprint density at radius 3 is 1.81 bits per heavy atom. The fourth-order valence-electron chi connectivity index (χ4n) is 4.35. The highest BCUT2D eigenvalue weighted by Gasteiger charge is 2.32. The summed E-state index contributed by atoms with van der Waals surface area (Å²) in [4.78, 5) is 50.4. The smallest absolute Gasteiger partial charge is 0.407 e. The van der Waals surface area contributed by atoms with Gasteiger partial charge >= 0.3 is 6.09 Å². The van der Waals surface area contributed by atoms with Crippen molar-refractivity contribution < 1.29 is 34.1 Å². The number of carbonyl (C=O) groups excluding carboxylic acids is 4. The number of nitrogens with one attached hydrogen (secondary N) is 3. The first-order valence-corrected chi connectivity index (χ1v) is 14.0. The van der Waals surface area contributed by atoms with Crippen LogP contribution >= 0.6 is 0 Å². The Kier molecular flexibility index (Phi) is 12.9. The van der Waals surface area contributed by atoms with E-state index in [2.05, 4.69) is 16.0 Å². The van der Waals surface area contributed by atoms with Crippen molar-refractivity contribution in [1.29, 1.82) is 0 Å². The van der Waals surface area contributed by atoms with Crippen molar-refractivity contribution in [3.05, 3.63) is 71.8 Å². The molecule has 4 amide bonds. The predicted molar refractivity (Wildman–Crippen MR) is 158 cm³/mol. The van der Waals surface area contributed by atoms with Crippen molar-refractivity contribution in [3.63, 3.8) is 0 Å². The summed E-state index contributed by atoms with van der Waals surface area (Å²) in [5.74, 6) is -2.92. The zero-order chi connectivity index (χ0) is 31.4. The lowest BCUT2D eigenvalue weighted by Crippen LogP contribution is -2.56. The summed E-state index contributed by atoms with van der Waals surface area (Å²) in [5, 5.41) is 28.9. The predicted octanol–water partition coefficient (Wildman–Crippen LogP) is 1.59. The molecule has 0 aromatic heterocycles. The lowest BCUT2D eigenvalue weighted by molar-refractivity contribution is -0.133. The van der Waals surface area contributed by atoms with Crippen LogP contribution in [0.1, 0.15) is 52.2 Å². The van der Waals surface area contributed by atoms with E-state index in [1.165, 1.54) is 13.8 Å². The maximum atomic E-state index is 13.5. The summed E-state index contributed by atoms with van der Waals surface area (Å²) in [7, 11) is 0. The topological polar surface area (TPSA) is 180 Å². The highest BCUT2D eigenvalue weighted by atomic mass is 16.6. The summed E-state index contributed by atoms with van der Waals surface area (Å²) in [6.45, 7) is 7.96. The molecule has 0 radical (unpaired) electrons. The summed E-state index contributed by atoms with van der Waals surface area (Å²) in [5.41, 5.74) is 6.22. The highest BCUT2D eigenvalue weighted by molar-refractivity contribution is 5.92.